The highest BCUT2D eigenvalue weighted by molar-refractivity contribution is 5.74. The van der Waals surface area contributed by atoms with Crippen molar-refractivity contribution in [1.82, 2.24) is 15.1 Å². The SMILES string of the molecule is COCc1cc(-c2nc(-c3ccc(C(C)CCC(=O)O)nc3)no2)ccc1-c1ccccc1C. The molecule has 2 aromatic carbocycles. The van der Waals surface area contributed by atoms with Crippen LogP contribution < -0.4 is 0 Å². The van der Waals surface area contributed by atoms with Crippen LogP contribution in [0.3, 0.4) is 0 Å². The van der Waals surface area contributed by atoms with Gasteiger partial charge in [-0.15, -0.1) is 0 Å². The van der Waals surface area contributed by atoms with E-state index in [0.29, 0.717) is 24.7 Å². The molecule has 0 aliphatic rings. The van der Waals surface area contributed by atoms with Crippen molar-refractivity contribution in [1.29, 1.82) is 0 Å². The summed E-state index contributed by atoms with van der Waals surface area (Å²) in [4.78, 5) is 19.8. The fourth-order valence-corrected chi connectivity index (χ4v) is 3.91. The van der Waals surface area contributed by atoms with Gasteiger partial charge in [-0.3, -0.25) is 9.78 Å². The number of carbonyl (C=O) groups is 1. The highest BCUT2D eigenvalue weighted by Crippen LogP contribution is 2.31. The summed E-state index contributed by atoms with van der Waals surface area (Å²) in [7, 11) is 1.68. The molecule has 7 heteroatoms. The molecule has 1 N–H and O–H groups in total. The van der Waals surface area contributed by atoms with Crippen molar-refractivity contribution in [3.63, 3.8) is 0 Å². The summed E-state index contributed by atoms with van der Waals surface area (Å²) in [5.74, 6) is 0.117. The molecular weight excluding hydrogens is 430 g/mol. The van der Waals surface area contributed by atoms with Gasteiger partial charge in [-0.1, -0.05) is 42.4 Å². The van der Waals surface area contributed by atoms with E-state index in [9.17, 15) is 4.79 Å². The number of ether oxygens (including phenoxy) is 1. The third-order valence-electron chi connectivity index (χ3n) is 5.85. The maximum absolute atomic E-state index is 10.8. The summed E-state index contributed by atoms with van der Waals surface area (Å²) in [6, 6.07) is 18.1. The monoisotopic (exact) mass is 457 g/mol. The van der Waals surface area contributed by atoms with E-state index in [1.54, 1.807) is 13.3 Å². The lowest BCUT2D eigenvalue weighted by molar-refractivity contribution is -0.137. The molecule has 0 aliphatic carbocycles. The first-order valence-corrected chi connectivity index (χ1v) is 11.2. The molecule has 0 radical (unpaired) electrons. The Morgan fingerprint density at radius 1 is 1.09 bits per heavy atom. The van der Waals surface area contributed by atoms with Gasteiger partial charge in [0, 0.05) is 36.5 Å². The molecule has 0 amide bonds. The van der Waals surface area contributed by atoms with Crippen LogP contribution in [0.4, 0.5) is 0 Å². The van der Waals surface area contributed by atoms with Gasteiger partial charge < -0.3 is 14.4 Å². The fourth-order valence-electron chi connectivity index (χ4n) is 3.91. The van der Waals surface area contributed by atoms with Crippen LogP contribution >= 0.6 is 0 Å². The molecule has 2 heterocycles. The zero-order valence-corrected chi connectivity index (χ0v) is 19.5. The summed E-state index contributed by atoms with van der Waals surface area (Å²) in [6.45, 7) is 4.52. The molecule has 0 bridgehead atoms. The number of hydrogen-bond acceptors (Lipinski definition) is 6. The van der Waals surface area contributed by atoms with Gasteiger partial charge in [0.15, 0.2) is 0 Å². The quantitative estimate of drug-likeness (QED) is 0.335. The predicted molar refractivity (Wildman–Crippen MR) is 129 cm³/mol. The summed E-state index contributed by atoms with van der Waals surface area (Å²) < 4.78 is 11.0. The smallest absolute Gasteiger partial charge is 0.303 e. The van der Waals surface area contributed by atoms with Crippen LogP contribution in [0.1, 0.15) is 42.5 Å². The fraction of sp³-hybridized carbons (Fsp3) is 0.259. The number of nitrogens with zero attached hydrogens (tertiary/aromatic N) is 3. The van der Waals surface area contributed by atoms with Crippen molar-refractivity contribution in [2.45, 2.75) is 39.2 Å². The lowest BCUT2D eigenvalue weighted by Crippen LogP contribution is -2.02. The normalized spacial score (nSPS) is 12.0. The topological polar surface area (TPSA) is 98.3 Å². The minimum absolute atomic E-state index is 0.0527. The van der Waals surface area contributed by atoms with Gasteiger partial charge in [-0.2, -0.15) is 4.98 Å². The van der Waals surface area contributed by atoms with E-state index in [4.69, 9.17) is 14.4 Å². The number of aliphatic carboxylic acids is 1. The zero-order chi connectivity index (χ0) is 24.1. The van der Waals surface area contributed by atoms with Crippen LogP contribution in [-0.4, -0.2) is 33.3 Å². The van der Waals surface area contributed by atoms with E-state index in [-0.39, 0.29) is 12.3 Å². The number of pyridine rings is 1. The molecule has 1 atom stereocenters. The minimum atomic E-state index is -0.802. The molecule has 2 aromatic heterocycles. The van der Waals surface area contributed by atoms with Gasteiger partial charge in [-0.25, -0.2) is 0 Å². The minimum Gasteiger partial charge on any atom is -0.481 e. The first kappa shape index (κ1) is 23.3. The molecule has 1 unspecified atom stereocenters. The van der Waals surface area contributed by atoms with Crippen LogP contribution in [-0.2, 0) is 16.1 Å². The molecule has 7 nitrogen and oxygen atoms in total. The number of aryl methyl sites for hydroxylation is 1. The standard InChI is InChI=1S/C27H27N3O4/c1-17-6-4-5-7-22(17)23-11-9-19(14-21(23)16-33-3)27-29-26(30-34-27)20-10-12-24(28-15-20)18(2)8-13-25(31)32/h4-7,9-12,14-15,18H,8,13,16H2,1-3H3,(H,31,32). The lowest BCUT2D eigenvalue weighted by atomic mass is 9.94. The number of rotatable bonds is 9. The van der Waals surface area contributed by atoms with E-state index < -0.39 is 5.97 Å². The first-order valence-electron chi connectivity index (χ1n) is 11.2. The summed E-state index contributed by atoms with van der Waals surface area (Å²) in [5.41, 5.74) is 6.89. The Bertz CT molecular complexity index is 1280. The highest BCUT2D eigenvalue weighted by Gasteiger charge is 2.16. The van der Waals surface area contributed by atoms with Gasteiger partial charge in [0.25, 0.3) is 5.89 Å². The van der Waals surface area contributed by atoms with Crippen LogP contribution in [0.15, 0.2) is 65.3 Å². The van der Waals surface area contributed by atoms with Crippen molar-refractivity contribution >= 4 is 5.97 Å². The number of aromatic nitrogens is 3. The van der Waals surface area contributed by atoms with Crippen molar-refractivity contribution in [3.05, 3.63) is 77.6 Å². The molecular formula is C27H27N3O4. The first-order chi connectivity index (χ1) is 16.5. The van der Waals surface area contributed by atoms with Crippen molar-refractivity contribution in [3.8, 4) is 34.0 Å². The van der Waals surface area contributed by atoms with Gasteiger partial charge in [0.05, 0.1) is 6.61 Å². The Balaban J connectivity index is 1.57. The van der Waals surface area contributed by atoms with Gasteiger partial charge in [0.2, 0.25) is 5.82 Å². The number of benzene rings is 2. The van der Waals surface area contributed by atoms with Crippen molar-refractivity contribution in [2.24, 2.45) is 0 Å². The molecule has 0 saturated carbocycles. The van der Waals surface area contributed by atoms with E-state index in [1.807, 2.05) is 43.3 Å². The second kappa shape index (κ2) is 10.4. The van der Waals surface area contributed by atoms with E-state index >= 15 is 0 Å². The molecule has 174 valence electrons. The Morgan fingerprint density at radius 3 is 2.59 bits per heavy atom. The third kappa shape index (κ3) is 5.21. The lowest BCUT2D eigenvalue weighted by Gasteiger charge is -2.12. The van der Waals surface area contributed by atoms with Crippen LogP contribution in [0.5, 0.6) is 0 Å². The predicted octanol–water partition coefficient (Wildman–Crippen LogP) is 5.89. The average molecular weight is 458 g/mol. The van der Waals surface area contributed by atoms with Gasteiger partial charge in [0.1, 0.15) is 0 Å². The molecule has 0 spiro atoms. The molecule has 0 fully saturated rings. The Kier molecular flexibility index (Phi) is 7.13. The van der Waals surface area contributed by atoms with E-state index in [0.717, 1.165) is 33.5 Å². The van der Waals surface area contributed by atoms with Crippen LogP contribution in [0.2, 0.25) is 0 Å². The molecule has 4 rings (SSSR count). The van der Waals surface area contributed by atoms with Gasteiger partial charge in [-0.05, 0) is 65.8 Å². The highest BCUT2D eigenvalue weighted by atomic mass is 16.5. The molecule has 34 heavy (non-hydrogen) atoms. The second-order valence-electron chi connectivity index (χ2n) is 8.35. The van der Waals surface area contributed by atoms with Crippen LogP contribution in [0.25, 0.3) is 34.0 Å². The average Bonchev–Trinajstić information content (AvgIpc) is 3.34. The van der Waals surface area contributed by atoms with E-state index in [1.165, 1.54) is 5.56 Å². The van der Waals surface area contributed by atoms with Crippen molar-refractivity contribution in [2.75, 3.05) is 7.11 Å². The second-order valence-corrected chi connectivity index (χ2v) is 8.35. The Labute approximate surface area is 198 Å². The Hall–Kier alpha value is -3.84. The molecule has 0 aliphatic heterocycles. The summed E-state index contributed by atoms with van der Waals surface area (Å²) in [5, 5.41) is 13.0. The number of carboxylic acid groups (broad SMARTS) is 1. The van der Waals surface area contributed by atoms with Crippen LogP contribution in [0, 0.1) is 6.92 Å². The maximum atomic E-state index is 10.8. The maximum Gasteiger partial charge on any atom is 0.303 e. The number of methoxy groups -OCH3 is 1. The van der Waals surface area contributed by atoms with Crippen molar-refractivity contribution < 1.29 is 19.2 Å². The summed E-state index contributed by atoms with van der Waals surface area (Å²) in [6.07, 6.45) is 2.35. The zero-order valence-electron chi connectivity index (χ0n) is 19.5. The largest absolute Gasteiger partial charge is 0.481 e. The molecule has 0 saturated heterocycles. The Morgan fingerprint density at radius 2 is 1.88 bits per heavy atom. The number of hydrogen-bond donors (Lipinski definition) is 1. The number of carboxylic acids is 1. The summed E-state index contributed by atoms with van der Waals surface area (Å²) >= 11 is 0. The molecule has 4 aromatic rings. The van der Waals surface area contributed by atoms with Gasteiger partial charge >= 0.3 is 5.97 Å². The van der Waals surface area contributed by atoms with E-state index in [2.05, 4.69) is 40.2 Å². The third-order valence-corrected chi connectivity index (χ3v) is 5.85.